The molecule has 0 atom stereocenters. The Labute approximate surface area is 107 Å². The van der Waals surface area contributed by atoms with Crippen molar-refractivity contribution in [2.24, 2.45) is 0 Å². The molecule has 0 aliphatic heterocycles. The molecule has 0 aliphatic carbocycles. The van der Waals surface area contributed by atoms with Crippen molar-refractivity contribution in [1.29, 1.82) is 0 Å². The maximum absolute atomic E-state index is 11.0. The van der Waals surface area contributed by atoms with Crippen molar-refractivity contribution >= 4 is 28.0 Å². The Morgan fingerprint density at radius 1 is 1.26 bits per heavy atom. The van der Waals surface area contributed by atoms with Gasteiger partial charge in [-0.15, -0.1) is 0 Å². The first kappa shape index (κ1) is 11.3. The van der Waals surface area contributed by atoms with Crippen molar-refractivity contribution in [1.82, 2.24) is 9.97 Å². The largest absolute Gasteiger partial charge is 0.514 e. The molecule has 0 saturated carbocycles. The second-order valence-electron chi connectivity index (χ2n) is 3.98. The van der Waals surface area contributed by atoms with Gasteiger partial charge in [0.1, 0.15) is 5.75 Å². The van der Waals surface area contributed by atoms with Gasteiger partial charge in [-0.2, -0.15) is 0 Å². The number of rotatable bonds is 1. The van der Waals surface area contributed by atoms with E-state index in [1.54, 1.807) is 30.5 Å². The van der Waals surface area contributed by atoms with Gasteiger partial charge in [-0.1, -0.05) is 0 Å². The third-order valence-corrected chi connectivity index (χ3v) is 2.80. The van der Waals surface area contributed by atoms with E-state index in [0.717, 1.165) is 21.8 Å². The number of hydrogen-bond acceptors (Lipinski definition) is 5. The first-order valence-electron chi connectivity index (χ1n) is 5.53. The van der Waals surface area contributed by atoms with Crippen LogP contribution in [0.2, 0.25) is 0 Å². The zero-order valence-corrected chi connectivity index (χ0v) is 10.0. The molecule has 0 aliphatic rings. The fourth-order valence-corrected chi connectivity index (χ4v) is 1.95. The minimum absolute atomic E-state index is 0.142. The number of nitrogens with zero attached hydrogens (tertiary/aromatic N) is 1. The number of nitrogens with one attached hydrogen (secondary N) is 1. The number of aromatic hydroxyl groups is 1. The predicted octanol–water partition coefficient (Wildman–Crippen LogP) is 2.57. The number of benzene rings is 1. The van der Waals surface area contributed by atoms with E-state index in [0.29, 0.717) is 0 Å². The molecule has 0 amide bonds. The molecule has 3 rings (SSSR count). The van der Waals surface area contributed by atoms with Crippen LogP contribution in [-0.4, -0.2) is 28.3 Å². The van der Waals surface area contributed by atoms with Gasteiger partial charge in [0, 0.05) is 22.4 Å². The molecule has 2 N–H and O–H groups in total. The topological polar surface area (TPSA) is 84.4 Å². The molecule has 0 spiro atoms. The highest BCUT2D eigenvalue weighted by atomic mass is 16.7. The van der Waals surface area contributed by atoms with Crippen molar-refractivity contribution in [3.63, 3.8) is 0 Å². The van der Waals surface area contributed by atoms with Gasteiger partial charge in [-0.3, -0.25) is 0 Å². The van der Waals surface area contributed by atoms with Crippen molar-refractivity contribution < 1.29 is 19.4 Å². The molecule has 0 fully saturated rings. The van der Waals surface area contributed by atoms with E-state index >= 15 is 0 Å². The van der Waals surface area contributed by atoms with Crippen LogP contribution in [0.3, 0.4) is 0 Å². The van der Waals surface area contributed by atoms with Crippen molar-refractivity contribution in [3.05, 3.63) is 30.5 Å². The Morgan fingerprint density at radius 3 is 2.84 bits per heavy atom. The third-order valence-electron chi connectivity index (χ3n) is 2.80. The van der Waals surface area contributed by atoms with Crippen LogP contribution >= 0.6 is 0 Å². The minimum Gasteiger partial charge on any atom is -0.508 e. The molecule has 2 heterocycles. The number of methoxy groups -OCH3 is 1. The molecule has 0 bridgehead atoms. The maximum Gasteiger partial charge on any atom is 0.514 e. The first-order chi connectivity index (χ1) is 9.17. The van der Waals surface area contributed by atoms with Gasteiger partial charge in [0.2, 0.25) is 5.88 Å². The fourth-order valence-electron chi connectivity index (χ4n) is 1.95. The van der Waals surface area contributed by atoms with E-state index in [1.165, 1.54) is 7.11 Å². The molecular weight excluding hydrogens is 248 g/mol. The van der Waals surface area contributed by atoms with E-state index in [-0.39, 0.29) is 11.6 Å². The number of phenolic OH excluding ortho intramolecular Hbond substituents is 1. The molecule has 3 aromatic rings. The number of carbonyl (C=O) groups excluding carboxylic acids is 1. The summed E-state index contributed by atoms with van der Waals surface area (Å²) in [5.41, 5.74) is 1.66. The number of phenols is 1. The average Bonchev–Trinajstić information content (AvgIpc) is 2.76. The summed E-state index contributed by atoms with van der Waals surface area (Å²) in [4.78, 5) is 18.2. The first-order valence-corrected chi connectivity index (χ1v) is 5.53. The van der Waals surface area contributed by atoms with Gasteiger partial charge in [-0.25, -0.2) is 9.78 Å². The quantitative estimate of drug-likeness (QED) is 0.655. The maximum atomic E-state index is 11.0. The Kier molecular flexibility index (Phi) is 2.49. The van der Waals surface area contributed by atoms with Crippen LogP contribution < -0.4 is 4.74 Å². The lowest BCUT2D eigenvalue weighted by Gasteiger charge is -2.01. The molecule has 19 heavy (non-hydrogen) atoms. The van der Waals surface area contributed by atoms with Gasteiger partial charge in [-0.05, 0) is 18.2 Å². The Balaban J connectivity index is 2.17. The van der Waals surface area contributed by atoms with Crippen molar-refractivity contribution in [2.75, 3.05) is 7.11 Å². The molecule has 6 nitrogen and oxygen atoms in total. The summed E-state index contributed by atoms with van der Waals surface area (Å²) < 4.78 is 9.28. The van der Waals surface area contributed by atoms with Gasteiger partial charge >= 0.3 is 6.16 Å². The standard InChI is InChI=1S/C13H10N2O4/c1-18-13(17)19-12-5-9-8-4-7(16)2-3-10(8)15-11(9)6-14-12/h2-6,15-16H,1H3. The van der Waals surface area contributed by atoms with Crippen LogP contribution in [0.4, 0.5) is 4.79 Å². The smallest absolute Gasteiger partial charge is 0.508 e. The summed E-state index contributed by atoms with van der Waals surface area (Å²) in [5.74, 6) is 0.309. The van der Waals surface area contributed by atoms with Crippen LogP contribution in [0.5, 0.6) is 11.6 Å². The van der Waals surface area contributed by atoms with Crippen LogP contribution in [0.15, 0.2) is 30.5 Å². The van der Waals surface area contributed by atoms with Crippen LogP contribution in [0, 0.1) is 0 Å². The van der Waals surface area contributed by atoms with Crippen LogP contribution in [-0.2, 0) is 4.74 Å². The Morgan fingerprint density at radius 2 is 2.05 bits per heavy atom. The highest BCUT2D eigenvalue weighted by molar-refractivity contribution is 6.07. The van der Waals surface area contributed by atoms with E-state index in [1.807, 2.05) is 0 Å². The second kappa shape index (κ2) is 4.16. The second-order valence-corrected chi connectivity index (χ2v) is 3.98. The highest BCUT2D eigenvalue weighted by Gasteiger charge is 2.10. The third kappa shape index (κ3) is 1.93. The Hall–Kier alpha value is -2.76. The Bertz CT molecular complexity index is 779. The van der Waals surface area contributed by atoms with Crippen LogP contribution in [0.1, 0.15) is 0 Å². The lowest BCUT2D eigenvalue weighted by molar-refractivity contribution is 0.120. The number of carbonyl (C=O) groups is 1. The van der Waals surface area contributed by atoms with Crippen molar-refractivity contribution in [3.8, 4) is 11.6 Å². The fraction of sp³-hybridized carbons (Fsp3) is 0.0769. The number of aromatic amines is 1. The number of ether oxygens (including phenoxy) is 2. The molecular formula is C13H10N2O4. The lowest BCUT2D eigenvalue weighted by Crippen LogP contribution is -2.08. The molecule has 1 aromatic carbocycles. The summed E-state index contributed by atoms with van der Waals surface area (Å²) in [6, 6.07) is 6.61. The number of hydrogen-bond donors (Lipinski definition) is 2. The molecule has 2 aromatic heterocycles. The number of pyridine rings is 1. The number of H-pyrrole nitrogens is 1. The number of aromatic nitrogens is 2. The summed E-state index contributed by atoms with van der Waals surface area (Å²) >= 11 is 0. The van der Waals surface area contributed by atoms with Crippen molar-refractivity contribution in [2.45, 2.75) is 0 Å². The molecule has 6 heteroatoms. The van der Waals surface area contributed by atoms with E-state index in [2.05, 4.69) is 14.7 Å². The molecule has 0 unspecified atom stereocenters. The summed E-state index contributed by atoms with van der Waals surface area (Å²) in [5, 5.41) is 11.2. The molecule has 0 radical (unpaired) electrons. The normalized spacial score (nSPS) is 10.8. The SMILES string of the molecule is COC(=O)Oc1cc2c(cn1)[nH]c1ccc(O)cc12. The van der Waals surface area contributed by atoms with Gasteiger partial charge in [0.15, 0.2) is 0 Å². The van der Waals surface area contributed by atoms with E-state index in [9.17, 15) is 9.90 Å². The summed E-state index contributed by atoms with van der Waals surface area (Å²) in [6.07, 6.45) is 0.736. The summed E-state index contributed by atoms with van der Waals surface area (Å²) in [6.45, 7) is 0. The van der Waals surface area contributed by atoms with E-state index < -0.39 is 6.16 Å². The van der Waals surface area contributed by atoms with Gasteiger partial charge < -0.3 is 19.6 Å². The molecule has 0 saturated heterocycles. The monoisotopic (exact) mass is 258 g/mol. The van der Waals surface area contributed by atoms with Crippen LogP contribution in [0.25, 0.3) is 21.8 Å². The lowest BCUT2D eigenvalue weighted by atomic mass is 10.2. The summed E-state index contributed by atoms with van der Waals surface area (Å²) in [7, 11) is 1.23. The highest BCUT2D eigenvalue weighted by Crippen LogP contribution is 2.29. The zero-order chi connectivity index (χ0) is 13.4. The van der Waals surface area contributed by atoms with Gasteiger partial charge in [0.05, 0.1) is 18.8 Å². The van der Waals surface area contributed by atoms with Gasteiger partial charge in [0.25, 0.3) is 0 Å². The predicted molar refractivity (Wildman–Crippen MR) is 68.3 cm³/mol. The minimum atomic E-state index is -0.825. The number of fused-ring (bicyclic) bond motifs is 3. The average molecular weight is 258 g/mol. The zero-order valence-electron chi connectivity index (χ0n) is 10.0. The molecule has 96 valence electrons. The van der Waals surface area contributed by atoms with E-state index in [4.69, 9.17) is 4.74 Å².